The number of rotatable bonds is 4. The van der Waals surface area contributed by atoms with Crippen molar-refractivity contribution in [3.05, 3.63) is 41.5 Å². The molecule has 0 aliphatic heterocycles. The van der Waals surface area contributed by atoms with Crippen molar-refractivity contribution < 1.29 is 14.4 Å². The van der Waals surface area contributed by atoms with Gasteiger partial charge in [0.2, 0.25) is 12.2 Å². The van der Waals surface area contributed by atoms with E-state index in [4.69, 9.17) is 4.74 Å². The van der Waals surface area contributed by atoms with E-state index in [9.17, 15) is 5.11 Å². The molecule has 0 unspecified atom stereocenters. The van der Waals surface area contributed by atoms with Gasteiger partial charge in [0.15, 0.2) is 6.61 Å². The highest BCUT2D eigenvalue weighted by molar-refractivity contribution is 5.38. The van der Waals surface area contributed by atoms with Gasteiger partial charge < -0.3 is 14.4 Å². The van der Waals surface area contributed by atoms with Gasteiger partial charge in [-0.05, 0) is 25.5 Å². The molecule has 0 saturated carbocycles. The number of aliphatic hydroxyl groups excluding tert-OH is 1. The van der Waals surface area contributed by atoms with Crippen LogP contribution in [0.4, 0.5) is 0 Å². The molecule has 0 bridgehead atoms. The van der Waals surface area contributed by atoms with Gasteiger partial charge in [-0.1, -0.05) is 17.3 Å². The second-order valence-corrected chi connectivity index (χ2v) is 3.85. The topological polar surface area (TPSA) is 68.4 Å². The molecule has 2 rings (SSSR count). The van der Waals surface area contributed by atoms with E-state index < -0.39 is 6.10 Å². The number of benzene rings is 1. The van der Waals surface area contributed by atoms with Crippen LogP contribution in [-0.2, 0) is 6.61 Å². The largest absolute Gasteiger partial charge is 0.485 e. The lowest BCUT2D eigenvalue weighted by Crippen LogP contribution is -2.02. The zero-order chi connectivity index (χ0) is 12.3. The van der Waals surface area contributed by atoms with Crippen molar-refractivity contribution in [2.24, 2.45) is 0 Å². The fourth-order valence-electron chi connectivity index (χ4n) is 1.51. The number of nitrogens with zero attached hydrogens (tertiary/aromatic N) is 2. The molecule has 0 fully saturated rings. The minimum absolute atomic E-state index is 0.222. The summed E-state index contributed by atoms with van der Waals surface area (Å²) >= 11 is 0. The zero-order valence-electron chi connectivity index (χ0n) is 9.75. The smallest absolute Gasteiger partial charge is 0.213 e. The van der Waals surface area contributed by atoms with Crippen molar-refractivity contribution in [2.45, 2.75) is 26.6 Å². The molecule has 17 heavy (non-hydrogen) atoms. The Balaban J connectivity index is 2.16. The molecule has 0 saturated heterocycles. The Bertz CT molecular complexity index is 481. The second kappa shape index (κ2) is 4.97. The lowest BCUT2D eigenvalue weighted by molar-refractivity contribution is 0.189. The van der Waals surface area contributed by atoms with E-state index in [0.717, 1.165) is 11.1 Å². The Morgan fingerprint density at radius 3 is 2.94 bits per heavy atom. The molecule has 90 valence electrons. The van der Waals surface area contributed by atoms with Crippen LogP contribution in [-0.4, -0.2) is 15.2 Å². The van der Waals surface area contributed by atoms with Crippen LogP contribution in [0.5, 0.6) is 5.75 Å². The SMILES string of the molecule is Cc1ccc([C@@H](C)O)c(OCc2ncon2)c1. The summed E-state index contributed by atoms with van der Waals surface area (Å²) in [5.74, 6) is 1.12. The third-order valence-electron chi connectivity index (χ3n) is 2.38. The highest BCUT2D eigenvalue weighted by atomic mass is 16.5. The van der Waals surface area contributed by atoms with Gasteiger partial charge >= 0.3 is 0 Å². The van der Waals surface area contributed by atoms with Crippen molar-refractivity contribution in [1.82, 2.24) is 10.1 Å². The van der Waals surface area contributed by atoms with Crippen molar-refractivity contribution in [3.8, 4) is 5.75 Å². The summed E-state index contributed by atoms with van der Waals surface area (Å²) in [6, 6.07) is 5.66. The van der Waals surface area contributed by atoms with Gasteiger partial charge in [0.25, 0.3) is 0 Å². The van der Waals surface area contributed by atoms with E-state index in [1.165, 1.54) is 6.39 Å². The average Bonchev–Trinajstić information content (AvgIpc) is 2.78. The normalized spacial score (nSPS) is 12.4. The van der Waals surface area contributed by atoms with Crippen LogP contribution in [0.15, 0.2) is 29.1 Å². The third kappa shape index (κ3) is 2.82. The molecular weight excluding hydrogens is 220 g/mol. The molecule has 0 spiro atoms. The Labute approximate surface area is 99.0 Å². The molecule has 0 aliphatic carbocycles. The Morgan fingerprint density at radius 2 is 2.29 bits per heavy atom. The number of aliphatic hydroxyl groups is 1. The van der Waals surface area contributed by atoms with Gasteiger partial charge in [-0.3, -0.25) is 0 Å². The lowest BCUT2D eigenvalue weighted by atomic mass is 10.1. The van der Waals surface area contributed by atoms with E-state index >= 15 is 0 Å². The number of aryl methyl sites for hydroxylation is 1. The van der Waals surface area contributed by atoms with E-state index in [1.54, 1.807) is 6.92 Å². The number of hydrogen-bond acceptors (Lipinski definition) is 5. The summed E-state index contributed by atoms with van der Waals surface area (Å²) in [4.78, 5) is 3.86. The first-order valence-electron chi connectivity index (χ1n) is 5.33. The summed E-state index contributed by atoms with van der Waals surface area (Å²) in [6.07, 6.45) is 0.681. The second-order valence-electron chi connectivity index (χ2n) is 3.85. The summed E-state index contributed by atoms with van der Waals surface area (Å²) in [5, 5.41) is 13.3. The fourth-order valence-corrected chi connectivity index (χ4v) is 1.51. The predicted octanol–water partition coefficient (Wildman–Crippen LogP) is 2.01. The van der Waals surface area contributed by atoms with Crippen molar-refractivity contribution in [2.75, 3.05) is 0 Å². The number of hydrogen-bond donors (Lipinski definition) is 1. The Hall–Kier alpha value is -1.88. The van der Waals surface area contributed by atoms with Gasteiger partial charge in [-0.2, -0.15) is 4.98 Å². The molecule has 5 heteroatoms. The Morgan fingerprint density at radius 1 is 1.47 bits per heavy atom. The molecule has 0 radical (unpaired) electrons. The molecule has 1 heterocycles. The maximum Gasteiger partial charge on any atom is 0.213 e. The first-order chi connectivity index (χ1) is 8.16. The molecule has 1 N–H and O–H groups in total. The quantitative estimate of drug-likeness (QED) is 0.876. The number of aromatic nitrogens is 2. The monoisotopic (exact) mass is 234 g/mol. The highest BCUT2D eigenvalue weighted by Crippen LogP contribution is 2.26. The average molecular weight is 234 g/mol. The molecule has 1 aromatic carbocycles. The molecule has 1 atom stereocenters. The summed E-state index contributed by atoms with van der Waals surface area (Å²) in [5.41, 5.74) is 1.82. The third-order valence-corrected chi connectivity index (χ3v) is 2.38. The molecule has 0 aliphatic rings. The summed E-state index contributed by atoms with van der Waals surface area (Å²) in [6.45, 7) is 3.89. The van der Waals surface area contributed by atoms with Crippen LogP contribution in [0.1, 0.15) is 30.0 Å². The van der Waals surface area contributed by atoms with E-state index in [2.05, 4.69) is 14.7 Å². The van der Waals surface area contributed by atoms with Gasteiger partial charge in [0.1, 0.15) is 5.75 Å². The minimum atomic E-state index is -0.573. The van der Waals surface area contributed by atoms with Crippen LogP contribution in [0.25, 0.3) is 0 Å². The number of ether oxygens (including phenoxy) is 1. The van der Waals surface area contributed by atoms with E-state index in [0.29, 0.717) is 11.6 Å². The molecule has 5 nitrogen and oxygen atoms in total. The van der Waals surface area contributed by atoms with Crippen LogP contribution in [0.3, 0.4) is 0 Å². The van der Waals surface area contributed by atoms with Gasteiger partial charge in [0, 0.05) is 5.56 Å². The van der Waals surface area contributed by atoms with Crippen LogP contribution in [0.2, 0.25) is 0 Å². The van der Waals surface area contributed by atoms with Crippen molar-refractivity contribution in [1.29, 1.82) is 0 Å². The van der Waals surface area contributed by atoms with Gasteiger partial charge in [-0.15, -0.1) is 0 Å². The van der Waals surface area contributed by atoms with Gasteiger partial charge in [-0.25, -0.2) is 0 Å². The Kier molecular flexibility index (Phi) is 3.39. The summed E-state index contributed by atoms with van der Waals surface area (Å²) < 4.78 is 10.2. The molecule has 2 aromatic rings. The zero-order valence-corrected chi connectivity index (χ0v) is 9.75. The maximum absolute atomic E-state index is 9.62. The molecular formula is C12H14N2O3. The lowest BCUT2D eigenvalue weighted by Gasteiger charge is -2.13. The highest BCUT2D eigenvalue weighted by Gasteiger charge is 2.10. The minimum Gasteiger partial charge on any atom is -0.485 e. The van der Waals surface area contributed by atoms with E-state index in [-0.39, 0.29) is 6.61 Å². The first-order valence-corrected chi connectivity index (χ1v) is 5.33. The molecule has 1 aromatic heterocycles. The first kappa shape index (κ1) is 11.6. The van der Waals surface area contributed by atoms with E-state index in [1.807, 2.05) is 25.1 Å². The predicted molar refractivity (Wildman–Crippen MR) is 60.4 cm³/mol. The van der Waals surface area contributed by atoms with Crippen molar-refractivity contribution in [3.63, 3.8) is 0 Å². The van der Waals surface area contributed by atoms with Crippen molar-refractivity contribution >= 4 is 0 Å². The fraction of sp³-hybridized carbons (Fsp3) is 0.333. The van der Waals surface area contributed by atoms with Gasteiger partial charge in [0.05, 0.1) is 6.10 Å². The van der Waals surface area contributed by atoms with Crippen LogP contribution in [0, 0.1) is 6.92 Å². The van der Waals surface area contributed by atoms with Crippen LogP contribution >= 0.6 is 0 Å². The standard InChI is InChI=1S/C12H14N2O3/c1-8-3-4-10(9(2)15)11(5-8)16-6-12-13-7-17-14-12/h3-5,7,9,15H,6H2,1-2H3/t9-/m1/s1. The summed E-state index contributed by atoms with van der Waals surface area (Å²) in [7, 11) is 0. The maximum atomic E-state index is 9.62. The van der Waals surface area contributed by atoms with Crippen LogP contribution < -0.4 is 4.74 Å². The molecule has 0 amide bonds.